The summed E-state index contributed by atoms with van der Waals surface area (Å²) in [5, 5.41) is 13.3. The van der Waals surface area contributed by atoms with E-state index in [4.69, 9.17) is 5.11 Å². The summed E-state index contributed by atoms with van der Waals surface area (Å²) in [5.41, 5.74) is 1.39. The number of carboxylic acids is 1. The second-order valence-electron chi connectivity index (χ2n) is 3.54. The zero-order valence-corrected chi connectivity index (χ0v) is 9.60. The highest BCUT2D eigenvalue weighted by atomic mass is 16.4. The Morgan fingerprint density at radius 2 is 2.12 bits per heavy atom. The van der Waals surface area contributed by atoms with E-state index in [0.29, 0.717) is 5.69 Å². The first kappa shape index (κ1) is 12.9. The Balaban J connectivity index is 2.38. The fourth-order valence-corrected chi connectivity index (χ4v) is 0.991. The van der Waals surface area contributed by atoms with Gasteiger partial charge < -0.3 is 15.7 Å². The maximum absolute atomic E-state index is 11.3. The normalized spacial score (nSPS) is 11.6. The average molecular weight is 238 g/mol. The van der Waals surface area contributed by atoms with Crippen LogP contribution in [0.4, 0.5) is 4.79 Å². The van der Waals surface area contributed by atoms with Crippen molar-refractivity contribution in [3.05, 3.63) is 23.8 Å². The van der Waals surface area contributed by atoms with Crippen LogP contribution in [0.2, 0.25) is 0 Å². The molecule has 7 heteroatoms. The van der Waals surface area contributed by atoms with E-state index in [0.717, 1.165) is 5.69 Å². The first-order valence-electron chi connectivity index (χ1n) is 5.03. The Labute approximate surface area is 98.3 Å². The molecule has 7 nitrogen and oxygen atoms in total. The van der Waals surface area contributed by atoms with Crippen molar-refractivity contribution >= 4 is 12.0 Å². The zero-order valence-electron chi connectivity index (χ0n) is 9.60. The molecule has 2 amide bonds. The average Bonchev–Trinajstić information content (AvgIpc) is 2.28. The van der Waals surface area contributed by atoms with Gasteiger partial charge in [0, 0.05) is 6.20 Å². The van der Waals surface area contributed by atoms with Crippen LogP contribution in [0.25, 0.3) is 0 Å². The molecule has 1 rings (SSSR count). The van der Waals surface area contributed by atoms with Crippen LogP contribution in [0.15, 0.2) is 12.4 Å². The van der Waals surface area contributed by atoms with Crippen molar-refractivity contribution in [1.29, 1.82) is 0 Å². The van der Waals surface area contributed by atoms with E-state index in [2.05, 4.69) is 20.6 Å². The number of carboxylic acid groups (broad SMARTS) is 1. The lowest BCUT2D eigenvalue weighted by atomic mass is 10.3. The molecule has 0 aliphatic rings. The van der Waals surface area contributed by atoms with E-state index in [1.165, 1.54) is 6.92 Å². The monoisotopic (exact) mass is 238 g/mol. The Hall–Kier alpha value is -2.18. The molecule has 1 aromatic rings. The van der Waals surface area contributed by atoms with Gasteiger partial charge >= 0.3 is 12.0 Å². The van der Waals surface area contributed by atoms with E-state index in [-0.39, 0.29) is 6.54 Å². The van der Waals surface area contributed by atoms with E-state index in [1.807, 2.05) is 6.92 Å². The summed E-state index contributed by atoms with van der Waals surface area (Å²) < 4.78 is 0. The number of hydrogen-bond acceptors (Lipinski definition) is 4. The van der Waals surface area contributed by atoms with Crippen molar-refractivity contribution in [3.8, 4) is 0 Å². The Morgan fingerprint density at radius 3 is 2.65 bits per heavy atom. The predicted molar refractivity (Wildman–Crippen MR) is 59.2 cm³/mol. The minimum Gasteiger partial charge on any atom is -0.480 e. The third-order valence-electron chi connectivity index (χ3n) is 1.98. The van der Waals surface area contributed by atoms with Gasteiger partial charge in [-0.1, -0.05) is 0 Å². The van der Waals surface area contributed by atoms with Crippen LogP contribution in [0, 0.1) is 6.92 Å². The van der Waals surface area contributed by atoms with Crippen molar-refractivity contribution < 1.29 is 14.7 Å². The number of nitrogens with zero attached hydrogens (tertiary/aromatic N) is 2. The minimum atomic E-state index is -1.09. The van der Waals surface area contributed by atoms with Crippen LogP contribution in [0.5, 0.6) is 0 Å². The molecule has 1 aromatic heterocycles. The lowest BCUT2D eigenvalue weighted by Crippen LogP contribution is -2.44. The molecule has 1 atom stereocenters. The highest BCUT2D eigenvalue weighted by Gasteiger charge is 2.13. The van der Waals surface area contributed by atoms with Crippen LogP contribution < -0.4 is 10.6 Å². The molecule has 0 aliphatic heterocycles. The number of amides is 2. The standard InChI is InChI=1S/C10H14N4O3/c1-6-3-12-8(4-11-6)5-13-10(17)14-7(2)9(15)16/h3-4,7H,5H2,1-2H3,(H,15,16)(H2,13,14,17)/t7-/m1/s1. The first-order valence-corrected chi connectivity index (χ1v) is 5.03. The van der Waals surface area contributed by atoms with Crippen LogP contribution in [-0.2, 0) is 11.3 Å². The van der Waals surface area contributed by atoms with Gasteiger partial charge in [-0.05, 0) is 13.8 Å². The lowest BCUT2D eigenvalue weighted by Gasteiger charge is -2.10. The van der Waals surface area contributed by atoms with E-state index >= 15 is 0 Å². The summed E-state index contributed by atoms with van der Waals surface area (Å²) in [6.45, 7) is 3.39. The van der Waals surface area contributed by atoms with E-state index < -0.39 is 18.0 Å². The van der Waals surface area contributed by atoms with Crippen molar-refractivity contribution in [3.63, 3.8) is 0 Å². The van der Waals surface area contributed by atoms with Gasteiger partial charge in [0.15, 0.2) is 0 Å². The quantitative estimate of drug-likeness (QED) is 0.688. The number of urea groups is 1. The topological polar surface area (TPSA) is 104 Å². The molecule has 0 unspecified atom stereocenters. The minimum absolute atomic E-state index is 0.200. The number of carbonyl (C=O) groups excluding carboxylic acids is 1. The van der Waals surface area contributed by atoms with Crippen LogP contribution >= 0.6 is 0 Å². The maximum atomic E-state index is 11.3. The summed E-state index contributed by atoms with van der Waals surface area (Å²) in [7, 11) is 0. The molecular weight excluding hydrogens is 224 g/mol. The predicted octanol–water partition coefficient (Wildman–Crippen LogP) is 0.0573. The van der Waals surface area contributed by atoms with Crippen LogP contribution in [-0.4, -0.2) is 33.1 Å². The highest BCUT2D eigenvalue weighted by molar-refractivity contribution is 5.82. The Bertz CT molecular complexity index is 405. The van der Waals surface area contributed by atoms with Gasteiger partial charge in [-0.15, -0.1) is 0 Å². The molecule has 0 bridgehead atoms. The molecule has 17 heavy (non-hydrogen) atoms. The van der Waals surface area contributed by atoms with Crippen LogP contribution in [0.1, 0.15) is 18.3 Å². The molecule has 0 spiro atoms. The second kappa shape index (κ2) is 5.78. The Morgan fingerprint density at radius 1 is 1.41 bits per heavy atom. The van der Waals surface area contributed by atoms with Gasteiger partial charge in [-0.3, -0.25) is 14.8 Å². The first-order chi connectivity index (χ1) is 7.99. The lowest BCUT2D eigenvalue weighted by molar-refractivity contribution is -0.138. The summed E-state index contributed by atoms with van der Waals surface area (Å²) >= 11 is 0. The molecule has 0 saturated heterocycles. The second-order valence-corrected chi connectivity index (χ2v) is 3.54. The van der Waals surface area contributed by atoms with Gasteiger partial charge in [0.2, 0.25) is 0 Å². The van der Waals surface area contributed by atoms with Crippen LogP contribution in [0.3, 0.4) is 0 Å². The summed E-state index contributed by atoms with van der Waals surface area (Å²) in [4.78, 5) is 29.8. The fourth-order valence-electron chi connectivity index (χ4n) is 0.991. The number of rotatable bonds is 4. The highest BCUT2D eigenvalue weighted by Crippen LogP contribution is 1.93. The number of aliphatic carboxylic acids is 1. The van der Waals surface area contributed by atoms with Gasteiger partial charge in [0.1, 0.15) is 6.04 Å². The van der Waals surface area contributed by atoms with Gasteiger partial charge in [0.25, 0.3) is 0 Å². The fraction of sp³-hybridized carbons (Fsp3) is 0.400. The van der Waals surface area contributed by atoms with Crippen molar-refractivity contribution in [2.45, 2.75) is 26.4 Å². The van der Waals surface area contributed by atoms with Gasteiger partial charge in [-0.2, -0.15) is 0 Å². The largest absolute Gasteiger partial charge is 0.480 e. The number of hydrogen-bond donors (Lipinski definition) is 3. The number of aryl methyl sites for hydroxylation is 1. The molecular formula is C10H14N4O3. The molecule has 0 aliphatic carbocycles. The molecule has 3 N–H and O–H groups in total. The number of carbonyl (C=O) groups is 2. The summed E-state index contributed by atoms with van der Waals surface area (Å²) in [5.74, 6) is -1.09. The van der Waals surface area contributed by atoms with Crippen molar-refractivity contribution in [2.75, 3.05) is 0 Å². The molecule has 92 valence electrons. The molecule has 0 saturated carbocycles. The summed E-state index contributed by atoms with van der Waals surface area (Å²) in [6.07, 6.45) is 3.14. The molecule has 0 aromatic carbocycles. The molecule has 1 heterocycles. The smallest absolute Gasteiger partial charge is 0.325 e. The van der Waals surface area contributed by atoms with E-state index in [9.17, 15) is 9.59 Å². The van der Waals surface area contributed by atoms with E-state index in [1.54, 1.807) is 12.4 Å². The summed E-state index contributed by atoms with van der Waals surface area (Å²) in [6, 6.07) is -1.48. The third-order valence-corrected chi connectivity index (χ3v) is 1.98. The van der Waals surface area contributed by atoms with Crippen molar-refractivity contribution in [2.24, 2.45) is 0 Å². The van der Waals surface area contributed by atoms with Gasteiger partial charge in [-0.25, -0.2) is 4.79 Å². The maximum Gasteiger partial charge on any atom is 0.325 e. The molecule has 0 fully saturated rings. The Kier molecular flexibility index (Phi) is 4.38. The number of aromatic nitrogens is 2. The zero-order chi connectivity index (χ0) is 12.8. The van der Waals surface area contributed by atoms with Gasteiger partial charge in [0.05, 0.1) is 24.1 Å². The third kappa shape index (κ3) is 4.45. The number of nitrogens with one attached hydrogen (secondary N) is 2. The SMILES string of the molecule is Cc1cnc(CNC(=O)N[C@H](C)C(=O)O)cn1. The molecule has 0 radical (unpaired) electrons. The van der Waals surface area contributed by atoms with Crippen molar-refractivity contribution in [1.82, 2.24) is 20.6 Å².